The Kier molecular flexibility index (Phi) is 3.34. The fourth-order valence-corrected chi connectivity index (χ4v) is 2.15. The number of aliphatic imine (C=N–C) groups is 1. The van der Waals surface area contributed by atoms with Gasteiger partial charge in [-0.3, -0.25) is 0 Å². The average molecular weight is 247 g/mol. The van der Waals surface area contributed by atoms with Crippen molar-refractivity contribution >= 4 is 39.7 Å². The first-order chi connectivity index (χ1) is 6.74. The third kappa shape index (κ3) is 2.64. The maximum Gasteiger partial charge on any atom is 0.174 e. The molecule has 5 heteroatoms. The molecule has 2 nitrogen and oxygen atoms in total. The zero-order chi connectivity index (χ0) is 9.97. The van der Waals surface area contributed by atoms with Crippen LogP contribution in [0.5, 0.6) is 0 Å². The van der Waals surface area contributed by atoms with Crippen LogP contribution in [0, 0.1) is 0 Å². The quantitative estimate of drug-likeness (QED) is 0.812. The van der Waals surface area contributed by atoms with Crippen molar-refractivity contribution in [1.82, 2.24) is 4.72 Å². The maximum absolute atomic E-state index is 5.78. The Labute approximate surface area is 96.8 Å². The number of rotatable bonds is 2. The van der Waals surface area contributed by atoms with Crippen LogP contribution in [0.15, 0.2) is 29.3 Å². The fraction of sp³-hybridized carbons (Fsp3) is 0.222. The highest BCUT2D eigenvalue weighted by Gasteiger charge is 2.15. The molecule has 14 heavy (non-hydrogen) atoms. The van der Waals surface area contributed by atoms with Crippen LogP contribution in [-0.2, 0) is 6.42 Å². The highest BCUT2D eigenvalue weighted by Crippen LogP contribution is 2.18. The molecule has 2 rings (SSSR count). The van der Waals surface area contributed by atoms with Crippen molar-refractivity contribution in [2.75, 3.05) is 0 Å². The fourth-order valence-electron chi connectivity index (χ4n) is 1.22. The summed E-state index contributed by atoms with van der Waals surface area (Å²) in [5, 5.41) is 0.754. The lowest BCUT2D eigenvalue weighted by Crippen LogP contribution is -2.18. The Hall–Kier alpha value is -0.220. The van der Waals surface area contributed by atoms with Gasteiger partial charge in [0, 0.05) is 11.4 Å². The van der Waals surface area contributed by atoms with Gasteiger partial charge in [0.2, 0.25) is 0 Å². The lowest BCUT2D eigenvalue weighted by Gasteiger charge is -2.06. The van der Waals surface area contributed by atoms with Gasteiger partial charge < -0.3 is 0 Å². The Morgan fingerprint density at radius 2 is 2.00 bits per heavy atom. The van der Waals surface area contributed by atoms with E-state index in [-0.39, 0.29) is 6.17 Å². The minimum Gasteiger partial charge on any atom is -0.246 e. The van der Waals surface area contributed by atoms with Gasteiger partial charge in [0.1, 0.15) is 6.17 Å². The molecule has 0 fully saturated rings. The van der Waals surface area contributed by atoms with Crippen molar-refractivity contribution in [2.45, 2.75) is 12.6 Å². The highest BCUT2D eigenvalue weighted by molar-refractivity contribution is 8.15. The Morgan fingerprint density at radius 1 is 1.29 bits per heavy atom. The van der Waals surface area contributed by atoms with Crippen LogP contribution >= 0.6 is 35.1 Å². The van der Waals surface area contributed by atoms with E-state index in [9.17, 15) is 0 Å². The molecule has 1 aliphatic rings. The lowest BCUT2D eigenvalue weighted by molar-refractivity contribution is 0.674. The van der Waals surface area contributed by atoms with Gasteiger partial charge in [0.05, 0.1) is 0 Å². The number of nitrogens with one attached hydrogen (secondary N) is 1. The first kappa shape index (κ1) is 10.3. The molecule has 1 aromatic rings. The SMILES string of the molecule is ClC1=NC(Cc2ccc(Cl)cc2)NS1. The summed E-state index contributed by atoms with van der Waals surface area (Å²) in [4.78, 5) is 4.21. The van der Waals surface area contributed by atoms with Gasteiger partial charge in [-0.25, -0.2) is 9.71 Å². The van der Waals surface area contributed by atoms with Crippen molar-refractivity contribution < 1.29 is 0 Å². The van der Waals surface area contributed by atoms with Crippen molar-refractivity contribution in [2.24, 2.45) is 4.99 Å². The molecule has 0 saturated carbocycles. The molecule has 1 aliphatic heterocycles. The summed E-state index contributed by atoms with van der Waals surface area (Å²) in [6.45, 7) is 0. The summed E-state index contributed by atoms with van der Waals surface area (Å²) < 4.78 is 3.69. The third-order valence-corrected chi connectivity index (χ3v) is 3.12. The molecule has 1 atom stereocenters. The van der Waals surface area contributed by atoms with Crippen LogP contribution in [0.1, 0.15) is 5.56 Å². The molecule has 1 unspecified atom stereocenters. The summed E-state index contributed by atoms with van der Waals surface area (Å²) in [6.07, 6.45) is 0.911. The molecule has 1 heterocycles. The standard InChI is InChI=1S/C9H8Cl2N2S/c10-7-3-1-6(2-4-7)5-8-12-9(11)14-13-8/h1-4,8,13H,5H2. The van der Waals surface area contributed by atoms with E-state index in [1.54, 1.807) is 0 Å². The Balaban J connectivity index is 2.01. The largest absolute Gasteiger partial charge is 0.246 e. The number of hydrogen-bond acceptors (Lipinski definition) is 3. The molecule has 0 aromatic heterocycles. The zero-order valence-corrected chi connectivity index (χ0v) is 9.53. The van der Waals surface area contributed by atoms with E-state index in [1.165, 1.54) is 17.5 Å². The van der Waals surface area contributed by atoms with E-state index in [4.69, 9.17) is 23.2 Å². The van der Waals surface area contributed by atoms with Crippen LogP contribution < -0.4 is 4.72 Å². The van der Waals surface area contributed by atoms with Gasteiger partial charge in [-0.05, 0) is 29.6 Å². The smallest absolute Gasteiger partial charge is 0.174 e. The zero-order valence-electron chi connectivity index (χ0n) is 7.21. The highest BCUT2D eigenvalue weighted by atomic mass is 35.5. The first-order valence-electron chi connectivity index (χ1n) is 4.14. The first-order valence-corrected chi connectivity index (χ1v) is 5.71. The van der Waals surface area contributed by atoms with Crippen molar-refractivity contribution in [1.29, 1.82) is 0 Å². The van der Waals surface area contributed by atoms with Crippen molar-refractivity contribution in [3.63, 3.8) is 0 Å². The number of benzene rings is 1. The van der Waals surface area contributed by atoms with Gasteiger partial charge in [-0.15, -0.1) is 0 Å². The predicted octanol–water partition coefficient (Wildman–Crippen LogP) is 3.05. The van der Waals surface area contributed by atoms with Gasteiger partial charge in [-0.2, -0.15) is 0 Å². The molecular formula is C9H8Cl2N2S. The molecule has 0 spiro atoms. The van der Waals surface area contributed by atoms with E-state index in [1.807, 2.05) is 24.3 Å². The number of hydrogen-bond donors (Lipinski definition) is 1. The van der Waals surface area contributed by atoms with Crippen LogP contribution in [0.25, 0.3) is 0 Å². The minimum absolute atomic E-state index is 0.0775. The lowest BCUT2D eigenvalue weighted by atomic mass is 10.1. The summed E-state index contributed by atoms with van der Waals surface area (Å²) in [5.74, 6) is 0. The second-order valence-corrected chi connectivity index (χ2v) is 4.79. The normalized spacial score (nSPS) is 21.0. The van der Waals surface area contributed by atoms with Crippen molar-refractivity contribution in [3.05, 3.63) is 34.9 Å². The summed E-state index contributed by atoms with van der Waals surface area (Å²) in [7, 11) is 0. The van der Waals surface area contributed by atoms with E-state index < -0.39 is 0 Å². The monoisotopic (exact) mass is 246 g/mol. The molecule has 0 radical (unpaired) electrons. The number of nitrogens with zero attached hydrogens (tertiary/aromatic N) is 1. The molecule has 0 amide bonds. The van der Waals surface area contributed by atoms with Gasteiger partial charge >= 0.3 is 0 Å². The van der Waals surface area contributed by atoms with Crippen LogP contribution in [0.2, 0.25) is 5.02 Å². The van der Waals surface area contributed by atoms with E-state index >= 15 is 0 Å². The molecule has 1 aromatic carbocycles. The van der Waals surface area contributed by atoms with Crippen LogP contribution in [-0.4, -0.2) is 10.7 Å². The van der Waals surface area contributed by atoms with Crippen LogP contribution in [0.4, 0.5) is 0 Å². The Bertz CT molecular complexity index is 350. The number of halogens is 2. The molecule has 0 bridgehead atoms. The second-order valence-electron chi connectivity index (χ2n) is 2.95. The predicted molar refractivity (Wildman–Crippen MR) is 63.0 cm³/mol. The topological polar surface area (TPSA) is 24.4 Å². The van der Waals surface area contributed by atoms with Gasteiger partial charge in [0.25, 0.3) is 0 Å². The average Bonchev–Trinajstić information content (AvgIpc) is 2.56. The summed E-state index contributed by atoms with van der Waals surface area (Å²) >= 11 is 12.9. The maximum atomic E-state index is 5.78. The molecule has 0 saturated heterocycles. The van der Waals surface area contributed by atoms with Crippen LogP contribution in [0.3, 0.4) is 0 Å². The van der Waals surface area contributed by atoms with E-state index in [0.717, 1.165) is 11.4 Å². The van der Waals surface area contributed by atoms with Crippen molar-refractivity contribution in [3.8, 4) is 0 Å². The van der Waals surface area contributed by atoms with E-state index in [0.29, 0.717) is 4.50 Å². The third-order valence-electron chi connectivity index (χ3n) is 1.88. The van der Waals surface area contributed by atoms with E-state index in [2.05, 4.69) is 9.71 Å². The minimum atomic E-state index is 0.0775. The summed E-state index contributed by atoms with van der Waals surface area (Å²) in [6, 6.07) is 7.75. The van der Waals surface area contributed by atoms with Gasteiger partial charge in [0.15, 0.2) is 4.50 Å². The summed E-state index contributed by atoms with van der Waals surface area (Å²) in [5.41, 5.74) is 1.20. The Morgan fingerprint density at radius 3 is 2.57 bits per heavy atom. The molecule has 1 N–H and O–H groups in total. The van der Waals surface area contributed by atoms with Gasteiger partial charge in [-0.1, -0.05) is 35.3 Å². The second kappa shape index (κ2) is 4.53. The molecule has 74 valence electrons. The molecular weight excluding hydrogens is 239 g/mol. The molecule has 0 aliphatic carbocycles.